The second kappa shape index (κ2) is 2.08. The minimum absolute atomic E-state index is 0.0164. The third-order valence-electron chi connectivity index (χ3n) is 3.86. The van der Waals surface area contributed by atoms with Crippen molar-refractivity contribution >= 4 is 5.97 Å². The molecule has 1 aliphatic heterocycles. The Balaban J connectivity index is 1.81. The zero-order chi connectivity index (χ0) is 9.10. The number of ether oxygens (including phenoxy) is 2. The summed E-state index contributed by atoms with van der Waals surface area (Å²) in [6, 6.07) is 0. The first-order valence-electron chi connectivity index (χ1n) is 5.06. The molecular formula is C10H14O3. The molecule has 3 unspecified atom stereocenters. The van der Waals surface area contributed by atoms with Crippen molar-refractivity contribution in [2.75, 3.05) is 6.61 Å². The van der Waals surface area contributed by atoms with Gasteiger partial charge in [-0.3, -0.25) is 4.79 Å². The number of fused-ring (bicyclic) bond motifs is 1. The van der Waals surface area contributed by atoms with E-state index < -0.39 is 0 Å². The lowest BCUT2D eigenvalue weighted by atomic mass is 9.84. The first-order valence-corrected chi connectivity index (χ1v) is 5.06. The fraction of sp³-hybridized carbons (Fsp3) is 0.900. The maximum absolute atomic E-state index is 11.7. The number of rotatable bonds is 2. The highest BCUT2D eigenvalue weighted by Gasteiger charge is 2.74. The standard InChI is InChI=1S/C10H14O3/c1-2-12-8(11)9-3-4-10(6-9)7(5-9)13-10/h7H,2-6H2,1H3. The fourth-order valence-corrected chi connectivity index (χ4v) is 3.12. The summed E-state index contributed by atoms with van der Waals surface area (Å²) in [5.41, 5.74) is -0.0360. The topological polar surface area (TPSA) is 38.8 Å². The Morgan fingerprint density at radius 2 is 2.46 bits per heavy atom. The fourth-order valence-electron chi connectivity index (χ4n) is 3.12. The predicted octanol–water partition coefficient (Wildman–Crippen LogP) is 1.26. The third kappa shape index (κ3) is 0.810. The van der Waals surface area contributed by atoms with Crippen LogP contribution in [0.15, 0.2) is 0 Å². The molecule has 1 saturated heterocycles. The third-order valence-corrected chi connectivity index (χ3v) is 3.86. The van der Waals surface area contributed by atoms with Crippen LogP contribution >= 0.6 is 0 Å². The first kappa shape index (κ1) is 7.80. The van der Waals surface area contributed by atoms with Crippen molar-refractivity contribution in [3.8, 4) is 0 Å². The van der Waals surface area contributed by atoms with Crippen molar-refractivity contribution < 1.29 is 14.3 Å². The molecule has 2 bridgehead atoms. The molecule has 0 radical (unpaired) electrons. The van der Waals surface area contributed by atoms with Crippen LogP contribution in [0.2, 0.25) is 0 Å². The van der Waals surface area contributed by atoms with Crippen molar-refractivity contribution in [1.82, 2.24) is 0 Å². The molecule has 2 aliphatic carbocycles. The smallest absolute Gasteiger partial charge is 0.312 e. The molecule has 3 nitrogen and oxygen atoms in total. The molecule has 3 heteroatoms. The lowest BCUT2D eigenvalue weighted by molar-refractivity contribution is -0.155. The van der Waals surface area contributed by atoms with Gasteiger partial charge in [0.1, 0.15) is 0 Å². The van der Waals surface area contributed by atoms with E-state index in [0.717, 1.165) is 25.7 Å². The minimum Gasteiger partial charge on any atom is -0.466 e. The van der Waals surface area contributed by atoms with Crippen molar-refractivity contribution in [1.29, 1.82) is 0 Å². The van der Waals surface area contributed by atoms with Gasteiger partial charge in [-0.2, -0.15) is 0 Å². The Bertz CT molecular complexity index is 275. The maximum Gasteiger partial charge on any atom is 0.312 e. The zero-order valence-electron chi connectivity index (χ0n) is 7.84. The molecule has 0 N–H and O–H groups in total. The van der Waals surface area contributed by atoms with E-state index >= 15 is 0 Å². The molecule has 0 amide bonds. The zero-order valence-corrected chi connectivity index (χ0v) is 7.84. The van der Waals surface area contributed by atoms with E-state index in [4.69, 9.17) is 9.47 Å². The number of esters is 1. The summed E-state index contributed by atoms with van der Waals surface area (Å²) in [6.45, 7) is 2.37. The number of carbonyl (C=O) groups is 1. The summed E-state index contributed by atoms with van der Waals surface area (Å²) >= 11 is 0. The van der Waals surface area contributed by atoms with Gasteiger partial charge in [-0.1, -0.05) is 0 Å². The summed E-state index contributed by atoms with van der Waals surface area (Å²) in [5.74, 6) is 0.0164. The Hall–Kier alpha value is -0.570. The van der Waals surface area contributed by atoms with Gasteiger partial charge in [-0.15, -0.1) is 0 Å². The van der Waals surface area contributed by atoms with Crippen LogP contribution in [0.5, 0.6) is 0 Å². The molecule has 3 rings (SSSR count). The summed E-state index contributed by atoms with van der Waals surface area (Å²) in [4.78, 5) is 11.7. The van der Waals surface area contributed by atoms with Crippen LogP contribution in [0.25, 0.3) is 0 Å². The van der Waals surface area contributed by atoms with Gasteiger partial charge >= 0.3 is 5.97 Å². The van der Waals surface area contributed by atoms with E-state index in [-0.39, 0.29) is 17.0 Å². The van der Waals surface area contributed by atoms with Crippen molar-refractivity contribution in [3.05, 3.63) is 0 Å². The molecule has 0 aromatic carbocycles. The lowest BCUT2D eigenvalue weighted by Gasteiger charge is -2.23. The minimum atomic E-state index is -0.154. The quantitative estimate of drug-likeness (QED) is 0.476. The highest BCUT2D eigenvalue weighted by molar-refractivity contribution is 5.79. The number of epoxide rings is 1. The number of hydrogen-bond donors (Lipinski definition) is 0. The molecule has 1 spiro atoms. The van der Waals surface area contributed by atoms with E-state index in [9.17, 15) is 4.79 Å². The Labute approximate surface area is 77.4 Å². The van der Waals surface area contributed by atoms with Gasteiger partial charge in [0.05, 0.1) is 23.7 Å². The van der Waals surface area contributed by atoms with Crippen LogP contribution in [-0.2, 0) is 14.3 Å². The predicted molar refractivity (Wildman–Crippen MR) is 45.1 cm³/mol. The van der Waals surface area contributed by atoms with E-state index in [0.29, 0.717) is 12.7 Å². The van der Waals surface area contributed by atoms with Crippen LogP contribution in [0.1, 0.15) is 32.6 Å². The normalized spacial score (nSPS) is 50.4. The molecule has 2 saturated carbocycles. The molecule has 3 atom stereocenters. The van der Waals surface area contributed by atoms with Crippen LogP contribution < -0.4 is 0 Å². The van der Waals surface area contributed by atoms with Gasteiger partial charge in [0, 0.05) is 0 Å². The largest absolute Gasteiger partial charge is 0.466 e. The van der Waals surface area contributed by atoms with Gasteiger partial charge < -0.3 is 9.47 Å². The summed E-state index contributed by atoms with van der Waals surface area (Å²) in [7, 11) is 0. The monoisotopic (exact) mass is 182 g/mol. The Morgan fingerprint density at radius 3 is 3.00 bits per heavy atom. The van der Waals surface area contributed by atoms with Gasteiger partial charge in [-0.05, 0) is 32.6 Å². The molecule has 3 aliphatic rings. The molecule has 0 aromatic rings. The second-order valence-corrected chi connectivity index (χ2v) is 4.55. The average molecular weight is 182 g/mol. The molecule has 0 aromatic heterocycles. The molecule has 3 fully saturated rings. The maximum atomic E-state index is 11.7. The van der Waals surface area contributed by atoms with Crippen LogP contribution in [-0.4, -0.2) is 24.3 Å². The van der Waals surface area contributed by atoms with E-state index in [1.165, 1.54) is 0 Å². The number of carbonyl (C=O) groups excluding carboxylic acids is 1. The van der Waals surface area contributed by atoms with Crippen molar-refractivity contribution in [2.24, 2.45) is 5.41 Å². The van der Waals surface area contributed by atoms with Gasteiger partial charge in [0.15, 0.2) is 0 Å². The highest BCUT2D eigenvalue weighted by Crippen LogP contribution is 2.68. The van der Waals surface area contributed by atoms with Gasteiger partial charge in [0.2, 0.25) is 0 Å². The van der Waals surface area contributed by atoms with Crippen molar-refractivity contribution in [2.45, 2.75) is 44.3 Å². The van der Waals surface area contributed by atoms with Gasteiger partial charge in [-0.25, -0.2) is 0 Å². The van der Waals surface area contributed by atoms with Crippen LogP contribution in [0, 0.1) is 5.41 Å². The summed E-state index contributed by atoms with van der Waals surface area (Å²) in [6.07, 6.45) is 4.25. The Morgan fingerprint density at radius 1 is 1.62 bits per heavy atom. The van der Waals surface area contributed by atoms with Crippen molar-refractivity contribution in [3.63, 3.8) is 0 Å². The van der Waals surface area contributed by atoms with E-state index in [1.807, 2.05) is 6.92 Å². The Kier molecular flexibility index (Phi) is 1.25. The van der Waals surface area contributed by atoms with E-state index in [1.54, 1.807) is 0 Å². The molecule has 1 heterocycles. The summed E-state index contributed by atoms with van der Waals surface area (Å²) < 4.78 is 10.7. The first-order chi connectivity index (χ1) is 6.21. The second-order valence-electron chi connectivity index (χ2n) is 4.55. The van der Waals surface area contributed by atoms with E-state index in [2.05, 4.69) is 0 Å². The molecular weight excluding hydrogens is 168 g/mol. The SMILES string of the molecule is CCOC(=O)C12CCC3(C1)OC3C2. The van der Waals surface area contributed by atoms with Gasteiger partial charge in [0.25, 0.3) is 0 Å². The average Bonchev–Trinajstić information content (AvgIpc) is 2.52. The number of hydrogen-bond acceptors (Lipinski definition) is 3. The van der Waals surface area contributed by atoms with Crippen LogP contribution in [0.3, 0.4) is 0 Å². The van der Waals surface area contributed by atoms with Crippen LogP contribution in [0.4, 0.5) is 0 Å². The molecule has 72 valence electrons. The lowest BCUT2D eigenvalue weighted by Crippen LogP contribution is -2.30. The molecule has 13 heavy (non-hydrogen) atoms. The highest BCUT2D eigenvalue weighted by atomic mass is 16.6. The summed E-state index contributed by atoms with van der Waals surface area (Å²) in [5, 5.41) is 0.